The van der Waals surface area contributed by atoms with Crippen molar-refractivity contribution in [2.45, 2.75) is 13.5 Å². The molecule has 5 nitrogen and oxygen atoms in total. The summed E-state index contributed by atoms with van der Waals surface area (Å²) in [6, 6.07) is 22.9. The lowest BCUT2D eigenvalue weighted by Crippen LogP contribution is -2.00. The molecule has 0 aliphatic carbocycles. The fourth-order valence-corrected chi connectivity index (χ4v) is 3.30. The molecule has 0 atom stereocenters. The molecule has 1 aliphatic rings. The van der Waals surface area contributed by atoms with E-state index in [1.165, 1.54) is 0 Å². The van der Waals surface area contributed by atoms with Crippen molar-refractivity contribution in [3.63, 3.8) is 0 Å². The van der Waals surface area contributed by atoms with Crippen LogP contribution in [-0.2, 0) is 16.1 Å². The van der Waals surface area contributed by atoms with Gasteiger partial charge in [0.05, 0.1) is 19.3 Å². The van der Waals surface area contributed by atoms with Crippen LogP contribution in [0.5, 0.6) is 17.2 Å². The van der Waals surface area contributed by atoms with Gasteiger partial charge in [-0.2, -0.15) is 0 Å². The van der Waals surface area contributed by atoms with Gasteiger partial charge in [-0.3, -0.25) is 0 Å². The molecule has 32 heavy (non-hydrogen) atoms. The third kappa shape index (κ3) is 5.01. The van der Waals surface area contributed by atoms with Crippen molar-refractivity contribution in [2.75, 3.05) is 13.7 Å². The van der Waals surface area contributed by atoms with E-state index < -0.39 is 5.97 Å². The van der Waals surface area contributed by atoms with Gasteiger partial charge >= 0.3 is 5.97 Å². The minimum atomic E-state index is -0.391. The normalized spacial score (nSPS) is 14.1. The number of carbonyl (C=O) groups excluding carboxylic acids is 1. The zero-order chi connectivity index (χ0) is 22.3. The Labute approximate surface area is 187 Å². The summed E-state index contributed by atoms with van der Waals surface area (Å²) in [6.07, 6.45) is 3.52. The Morgan fingerprint density at radius 2 is 1.69 bits per heavy atom. The van der Waals surface area contributed by atoms with Crippen molar-refractivity contribution >= 4 is 17.8 Å². The van der Waals surface area contributed by atoms with Crippen LogP contribution < -0.4 is 14.2 Å². The van der Waals surface area contributed by atoms with Crippen molar-refractivity contribution in [1.82, 2.24) is 0 Å². The maximum atomic E-state index is 12.4. The van der Waals surface area contributed by atoms with Crippen molar-refractivity contribution in [3.8, 4) is 17.2 Å². The number of rotatable bonds is 8. The van der Waals surface area contributed by atoms with Crippen LogP contribution in [0.15, 0.2) is 84.4 Å². The first-order valence-corrected chi connectivity index (χ1v) is 10.4. The van der Waals surface area contributed by atoms with Crippen molar-refractivity contribution in [3.05, 3.63) is 101 Å². The van der Waals surface area contributed by atoms with Crippen molar-refractivity contribution in [1.29, 1.82) is 0 Å². The molecule has 1 aliphatic heterocycles. The monoisotopic (exact) mass is 428 g/mol. The fraction of sp³-hybridized carbons (Fsp3) is 0.148. The first kappa shape index (κ1) is 21.2. The number of carbonyl (C=O) groups is 1. The summed E-state index contributed by atoms with van der Waals surface area (Å²) in [6.45, 7) is 2.87. The SMILES string of the molecule is CCOc1cc(/C=C2\C=C(c3ccc(OC)cc3)OC2=O)ccc1OCc1ccccc1. The molecule has 0 spiro atoms. The van der Waals surface area contributed by atoms with Gasteiger partial charge in [-0.1, -0.05) is 36.4 Å². The number of ether oxygens (including phenoxy) is 4. The standard InChI is InChI=1S/C27H24O5/c1-3-30-26-16-20(9-14-24(26)31-18-19-7-5-4-6-8-19)15-22-17-25(32-27(22)28)21-10-12-23(29-2)13-11-21/h4-17H,3,18H2,1-2H3/b22-15+. The second kappa shape index (κ2) is 9.88. The first-order chi connectivity index (χ1) is 15.7. The van der Waals surface area contributed by atoms with Gasteiger partial charge in [0.15, 0.2) is 11.5 Å². The summed E-state index contributed by atoms with van der Waals surface area (Å²) in [4.78, 5) is 12.4. The number of benzene rings is 3. The minimum Gasteiger partial charge on any atom is -0.497 e. The Balaban J connectivity index is 1.55. The van der Waals surface area contributed by atoms with Crippen LogP contribution in [-0.4, -0.2) is 19.7 Å². The van der Waals surface area contributed by atoms with Crippen LogP contribution in [0, 0.1) is 0 Å². The highest BCUT2D eigenvalue weighted by molar-refractivity contribution is 6.05. The van der Waals surface area contributed by atoms with Crippen LogP contribution in [0.2, 0.25) is 0 Å². The van der Waals surface area contributed by atoms with Crippen molar-refractivity contribution < 1.29 is 23.7 Å². The van der Waals surface area contributed by atoms with E-state index >= 15 is 0 Å². The van der Waals surface area contributed by atoms with Gasteiger partial charge in [0.25, 0.3) is 0 Å². The summed E-state index contributed by atoms with van der Waals surface area (Å²) in [5.74, 6) is 2.15. The minimum absolute atomic E-state index is 0.391. The second-order valence-corrected chi connectivity index (χ2v) is 7.14. The number of methoxy groups -OCH3 is 1. The van der Waals surface area contributed by atoms with Gasteiger partial charge in [0.1, 0.15) is 18.1 Å². The maximum absolute atomic E-state index is 12.4. The predicted octanol–water partition coefficient (Wildman–Crippen LogP) is 5.65. The van der Waals surface area contributed by atoms with Crippen molar-refractivity contribution in [2.24, 2.45) is 0 Å². The van der Waals surface area contributed by atoms with Gasteiger partial charge < -0.3 is 18.9 Å². The van der Waals surface area contributed by atoms with E-state index in [1.54, 1.807) is 19.3 Å². The van der Waals surface area contributed by atoms with Gasteiger partial charge in [-0.05, 0) is 66.6 Å². The topological polar surface area (TPSA) is 54.0 Å². The molecule has 0 N–H and O–H groups in total. The third-order valence-corrected chi connectivity index (χ3v) is 4.93. The van der Waals surface area contributed by atoms with E-state index in [0.29, 0.717) is 36.0 Å². The second-order valence-electron chi connectivity index (χ2n) is 7.14. The molecule has 0 fully saturated rings. The Bertz CT molecular complexity index is 1140. The lowest BCUT2D eigenvalue weighted by atomic mass is 10.1. The van der Waals surface area contributed by atoms with Gasteiger partial charge in [0.2, 0.25) is 0 Å². The quantitative estimate of drug-likeness (QED) is 0.343. The first-order valence-electron chi connectivity index (χ1n) is 10.4. The fourth-order valence-electron chi connectivity index (χ4n) is 3.30. The molecular formula is C27H24O5. The average Bonchev–Trinajstić information content (AvgIpc) is 3.19. The summed E-state index contributed by atoms with van der Waals surface area (Å²) >= 11 is 0. The summed E-state index contributed by atoms with van der Waals surface area (Å²) < 4.78 is 22.4. The average molecular weight is 428 g/mol. The highest BCUT2D eigenvalue weighted by atomic mass is 16.5. The van der Waals surface area contributed by atoms with Crippen LogP contribution in [0.4, 0.5) is 0 Å². The molecule has 5 heteroatoms. The highest BCUT2D eigenvalue weighted by Gasteiger charge is 2.22. The summed E-state index contributed by atoms with van der Waals surface area (Å²) in [7, 11) is 1.61. The maximum Gasteiger partial charge on any atom is 0.343 e. The van der Waals surface area contributed by atoms with Gasteiger partial charge in [0, 0.05) is 5.56 Å². The molecule has 0 aromatic heterocycles. The van der Waals surface area contributed by atoms with E-state index in [1.807, 2.05) is 79.7 Å². The van der Waals surface area contributed by atoms with E-state index in [-0.39, 0.29) is 0 Å². The molecule has 0 unspecified atom stereocenters. The molecule has 0 saturated carbocycles. The molecular weight excluding hydrogens is 404 g/mol. The molecule has 0 radical (unpaired) electrons. The molecule has 0 amide bonds. The number of hydrogen-bond donors (Lipinski definition) is 0. The number of esters is 1. The third-order valence-electron chi connectivity index (χ3n) is 4.93. The summed E-state index contributed by atoms with van der Waals surface area (Å²) in [5, 5.41) is 0. The Morgan fingerprint density at radius 1 is 0.906 bits per heavy atom. The Morgan fingerprint density at radius 3 is 2.41 bits per heavy atom. The van der Waals surface area contributed by atoms with E-state index in [4.69, 9.17) is 18.9 Å². The van der Waals surface area contributed by atoms with Crippen LogP contribution in [0.3, 0.4) is 0 Å². The molecule has 162 valence electrons. The number of cyclic esters (lactones) is 1. The lowest BCUT2D eigenvalue weighted by molar-refractivity contribution is -0.130. The molecule has 0 saturated heterocycles. The Kier molecular flexibility index (Phi) is 6.56. The predicted molar refractivity (Wildman–Crippen MR) is 123 cm³/mol. The highest BCUT2D eigenvalue weighted by Crippen LogP contribution is 2.32. The molecule has 3 aromatic rings. The molecule has 1 heterocycles. The van der Waals surface area contributed by atoms with Gasteiger partial charge in [-0.25, -0.2) is 4.79 Å². The van der Waals surface area contributed by atoms with Crippen LogP contribution >= 0.6 is 0 Å². The molecule has 3 aromatic carbocycles. The molecule has 4 rings (SSSR count). The smallest absolute Gasteiger partial charge is 0.343 e. The lowest BCUT2D eigenvalue weighted by Gasteiger charge is -2.13. The summed E-state index contributed by atoms with van der Waals surface area (Å²) in [5.41, 5.74) is 3.17. The zero-order valence-electron chi connectivity index (χ0n) is 18.0. The number of hydrogen-bond acceptors (Lipinski definition) is 5. The van der Waals surface area contributed by atoms with E-state index in [9.17, 15) is 4.79 Å². The zero-order valence-corrected chi connectivity index (χ0v) is 18.0. The van der Waals surface area contributed by atoms with E-state index in [0.717, 1.165) is 22.4 Å². The van der Waals surface area contributed by atoms with Crippen LogP contribution in [0.25, 0.3) is 11.8 Å². The Hall–Kier alpha value is -3.99. The van der Waals surface area contributed by atoms with Crippen LogP contribution in [0.1, 0.15) is 23.6 Å². The molecule has 0 bridgehead atoms. The van der Waals surface area contributed by atoms with E-state index in [2.05, 4.69) is 0 Å². The van der Waals surface area contributed by atoms with Gasteiger partial charge in [-0.15, -0.1) is 0 Å². The largest absolute Gasteiger partial charge is 0.497 e.